The van der Waals surface area contributed by atoms with Crippen molar-refractivity contribution in [3.05, 3.63) is 78.6 Å². The number of aryl methyl sites for hydroxylation is 1. The molecule has 0 bridgehead atoms. The van der Waals surface area contributed by atoms with Crippen LogP contribution < -0.4 is 15.1 Å². The second-order valence-corrected chi connectivity index (χ2v) is 7.51. The number of pyridine rings is 1. The Bertz CT molecular complexity index is 1150. The molecule has 0 amide bonds. The molecule has 1 aliphatic rings. The van der Waals surface area contributed by atoms with Gasteiger partial charge in [0.2, 0.25) is 5.95 Å². The molecule has 150 valence electrons. The zero-order valence-corrected chi connectivity index (χ0v) is 17.0. The Labute approximate surface area is 176 Å². The molecule has 1 fully saturated rings. The van der Waals surface area contributed by atoms with Gasteiger partial charge in [-0.25, -0.2) is 4.98 Å². The summed E-state index contributed by atoms with van der Waals surface area (Å²) in [7, 11) is 0. The van der Waals surface area contributed by atoms with Crippen molar-refractivity contribution in [1.82, 2.24) is 15.0 Å². The third-order valence-electron chi connectivity index (χ3n) is 5.44. The van der Waals surface area contributed by atoms with Gasteiger partial charge in [-0.3, -0.25) is 4.98 Å². The van der Waals surface area contributed by atoms with Crippen molar-refractivity contribution in [2.45, 2.75) is 6.92 Å². The van der Waals surface area contributed by atoms with Crippen LogP contribution in [0.1, 0.15) is 5.69 Å². The third kappa shape index (κ3) is 3.76. The summed E-state index contributed by atoms with van der Waals surface area (Å²) >= 11 is 0. The number of benzene rings is 2. The Balaban J connectivity index is 1.35. The number of hydrogen-bond acceptors (Lipinski definition) is 6. The Morgan fingerprint density at radius 1 is 0.800 bits per heavy atom. The Hall–Kier alpha value is -3.67. The van der Waals surface area contributed by atoms with E-state index in [4.69, 9.17) is 4.98 Å². The topological polar surface area (TPSA) is 57.2 Å². The van der Waals surface area contributed by atoms with Gasteiger partial charge in [0.25, 0.3) is 0 Å². The average molecular weight is 396 g/mol. The Kier molecular flexibility index (Phi) is 4.89. The molecule has 5 rings (SSSR count). The molecule has 0 saturated carbocycles. The first kappa shape index (κ1) is 18.4. The maximum Gasteiger partial charge on any atom is 0.229 e. The summed E-state index contributed by atoms with van der Waals surface area (Å²) in [5.74, 6) is 1.57. The molecule has 3 heterocycles. The van der Waals surface area contributed by atoms with Crippen LogP contribution in [0, 0.1) is 6.92 Å². The van der Waals surface area contributed by atoms with Crippen LogP contribution in [0.5, 0.6) is 0 Å². The molecule has 1 aliphatic heterocycles. The Morgan fingerprint density at radius 2 is 1.57 bits per heavy atom. The number of fused-ring (bicyclic) bond motifs is 1. The van der Waals surface area contributed by atoms with E-state index in [1.54, 1.807) is 0 Å². The highest BCUT2D eigenvalue weighted by atomic mass is 15.3. The first-order valence-electron chi connectivity index (χ1n) is 10.3. The normalized spacial score (nSPS) is 14.2. The molecule has 2 aromatic heterocycles. The number of hydrogen-bond donors (Lipinski definition) is 1. The van der Waals surface area contributed by atoms with Gasteiger partial charge in [-0.1, -0.05) is 36.4 Å². The van der Waals surface area contributed by atoms with Gasteiger partial charge in [0.15, 0.2) is 0 Å². The smallest absolute Gasteiger partial charge is 0.229 e. The molecule has 0 unspecified atom stereocenters. The lowest BCUT2D eigenvalue weighted by Crippen LogP contribution is -2.46. The summed E-state index contributed by atoms with van der Waals surface area (Å²) in [6, 6.07) is 22.7. The quantitative estimate of drug-likeness (QED) is 0.552. The molecule has 0 radical (unpaired) electrons. The monoisotopic (exact) mass is 396 g/mol. The van der Waals surface area contributed by atoms with Crippen molar-refractivity contribution < 1.29 is 0 Å². The van der Waals surface area contributed by atoms with E-state index in [-0.39, 0.29) is 0 Å². The second-order valence-electron chi connectivity index (χ2n) is 7.51. The van der Waals surface area contributed by atoms with Crippen LogP contribution in [-0.4, -0.2) is 41.1 Å². The van der Waals surface area contributed by atoms with Crippen LogP contribution in [0.2, 0.25) is 0 Å². The summed E-state index contributed by atoms with van der Waals surface area (Å²) in [6.07, 6.45) is 1.81. The van der Waals surface area contributed by atoms with Crippen molar-refractivity contribution in [3.63, 3.8) is 0 Å². The van der Waals surface area contributed by atoms with E-state index in [9.17, 15) is 0 Å². The maximum absolute atomic E-state index is 4.81. The summed E-state index contributed by atoms with van der Waals surface area (Å²) in [4.78, 5) is 18.7. The predicted octanol–water partition coefficient (Wildman–Crippen LogP) is 4.40. The lowest BCUT2D eigenvalue weighted by atomic mass is 10.2. The number of nitrogens with one attached hydrogen (secondary N) is 1. The number of piperazine rings is 1. The molecule has 0 aliphatic carbocycles. The first-order valence-corrected chi connectivity index (χ1v) is 10.3. The van der Waals surface area contributed by atoms with Gasteiger partial charge < -0.3 is 15.1 Å². The van der Waals surface area contributed by atoms with Crippen LogP contribution in [-0.2, 0) is 0 Å². The zero-order chi connectivity index (χ0) is 20.3. The fraction of sp³-hybridized carbons (Fsp3) is 0.208. The van der Waals surface area contributed by atoms with E-state index in [0.29, 0.717) is 5.95 Å². The number of anilines is 4. The zero-order valence-electron chi connectivity index (χ0n) is 17.0. The summed E-state index contributed by atoms with van der Waals surface area (Å²) in [5.41, 5.74) is 4.06. The van der Waals surface area contributed by atoms with Crippen LogP contribution in [0.25, 0.3) is 10.9 Å². The highest BCUT2D eigenvalue weighted by Crippen LogP contribution is 2.25. The van der Waals surface area contributed by atoms with Gasteiger partial charge in [-0.05, 0) is 31.2 Å². The van der Waals surface area contributed by atoms with E-state index < -0.39 is 0 Å². The molecular formula is C24H24N6. The van der Waals surface area contributed by atoms with Crippen LogP contribution in [0.15, 0.2) is 72.9 Å². The number of aromatic nitrogens is 3. The molecule has 2 aromatic carbocycles. The van der Waals surface area contributed by atoms with E-state index in [2.05, 4.69) is 73.6 Å². The highest BCUT2D eigenvalue weighted by molar-refractivity contribution is 5.91. The van der Waals surface area contributed by atoms with Gasteiger partial charge in [0.1, 0.15) is 5.82 Å². The minimum atomic E-state index is 0.605. The third-order valence-corrected chi connectivity index (χ3v) is 5.44. The summed E-state index contributed by atoms with van der Waals surface area (Å²) < 4.78 is 0. The molecule has 6 nitrogen and oxygen atoms in total. The van der Waals surface area contributed by atoms with E-state index in [1.807, 2.05) is 31.3 Å². The van der Waals surface area contributed by atoms with Crippen LogP contribution in [0.4, 0.5) is 23.1 Å². The molecular weight excluding hydrogens is 372 g/mol. The van der Waals surface area contributed by atoms with Gasteiger partial charge in [-0.15, -0.1) is 0 Å². The fourth-order valence-corrected chi connectivity index (χ4v) is 3.93. The van der Waals surface area contributed by atoms with Crippen LogP contribution >= 0.6 is 0 Å². The van der Waals surface area contributed by atoms with Crippen molar-refractivity contribution >= 4 is 34.0 Å². The van der Waals surface area contributed by atoms with Crippen LogP contribution in [0.3, 0.4) is 0 Å². The molecule has 1 saturated heterocycles. The summed E-state index contributed by atoms with van der Waals surface area (Å²) in [6.45, 7) is 5.82. The largest absolute Gasteiger partial charge is 0.368 e. The van der Waals surface area contributed by atoms with Crippen molar-refractivity contribution in [1.29, 1.82) is 0 Å². The van der Waals surface area contributed by atoms with Crippen molar-refractivity contribution in [2.75, 3.05) is 41.3 Å². The predicted molar refractivity (Wildman–Crippen MR) is 123 cm³/mol. The Morgan fingerprint density at radius 3 is 2.40 bits per heavy atom. The molecule has 30 heavy (non-hydrogen) atoms. The number of nitrogens with zero attached hydrogens (tertiary/aromatic N) is 5. The lowest BCUT2D eigenvalue weighted by molar-refractivity contribution is 0.647. The SMILES string of the molecule is Cc1cc(N2CCN(c3ccccc3)CC2)nc(Nc2cccc3cccnc23)n1. The molecule has 1 N–H and O–H groups in total. The van der Waals surface area contributed by atoms with Gasteiger partial charge in [0.05, 0.1) is 11.2 Å². The highest BCUT2D eigenvalue weighted by Gasteiger charge is 2.19. The van der Waals surface area contributed by atoms with E-state index in [0.717, 1.165) is 54.3 Å². The van der Waals surface area contributed by atoms with Gasteiger partial charge in [-0.2, -0.15) is 4.98 Å². The molecule has 6 heteroatoms. The molecule has 0 atom stereocenters. The molecule has 0 spiro atoms. The maximum atomic E-state index is 4.81. The fourth-order valence-electron chi connectivity index (χ4n) is 3.93. The minimum absolute atomic E-state index is 0.605. The van der Waals surface area contributed by atoms with Crippen molar-refractivity contribution in [3.8, 4) is 0 Å². The minimum Gasteiger partial charge on any atom is -0.368 e. The summed E-state index contributed by atoms with van der Waals surface area (Å²) in [5, 5.41) is 4.47. The van der Waals surface area contributed by atoms with Gasteiger partial charge >= 0.3 is 0 Å². The van der Waals surface area contributed by atoms with E-state index in [1.165, 1.54) is 5.69 Å². The van der Waals surface area contributed by atoms with Crippen molar-refractivity contribution in [2.24, 2.45) is 0 Å². The van der Waals surface area contributed by atoms with Gasteiger partial charge in [0, 0.05) is 55.2 Å². The standard InChI is InChI=1S/C24H24N6/c1-18-17-22(30-15-13-29(14-16-30)20-9-3-2-4-10-20)28-24(26-18)27-21-11-5-7-19-8-6-12-25-23(19)21/h2-12,17H,13-16H2,1H3,(H,26,27,28). The lowest BCUT2D eigenvalue weighted by Gasteiger charge is -2.36. The van der Waals surface area contributed by atoms with E-state index >= 15 is 0 Å². The molecule has 4 aromatic rings. The number of para-hydroxylation sites is 2. The first-order chi connectivity index (χ1) is 14.8. The average Bonchev–Trinajstić information content (AvgIpc) is 2.80. The second kappa shape index (κ2) is 7.99. The number of rotatable bonds is 4.